The van der Waals surface area contributed by atoms with Gasteiger partial charge in [-0.05, 0) is 77.0 Å². The van der Waals surface area contributed by atoms with Crippen LogP contribution in [-0.4, -0.2) is 89.2 Å². The Labute approximate surface area is 495 Å². The molecule has 12 heteroatoms. The van der Waals surface area contributed by atoms with Crippen molar-refractivity contribution in [1.82, 2.24) is 0 Å². The van der Waals surface area contributed by atoms with Crippen molar-refractivity contribution in [3.8, 4) is 0 Å². The molecule has 0 bridgehead atoms. The van der Waals surface area contributed by atoms with Crippen LogP contribution in [0.1, 0.15) is 329 Å². The van der Waals surface area contributed by atoms with Gasteiger partial charge in [0.15, 0.2) is 24.6 Å². The molecule has 0 aromatic rings. The van der Waals surface area contributed by atoms with Gasteiger partial charge in [0, 0.05) is 19.3 Å². The molecule has 0 aromatic carbocycles. The number of hydrogen-bond acceptors (Lipinski definition) is 11. The lowest BCUT2D eigenvalue weighted by Gasteiger charge is -2.40. The molecular formula is C69H124O12. The highest BCUT2D eigenvalue weighted by Crippen LogP contribution is 2.27. The first kappa shape index (κ1) is 76.0. The molecule has 3 N–H and O–H groups in total. The summed E-state index contributed by atoms with van der Waals surface area (Å²) in [6, 6.07) is 0. The van der Waals surface area contributed by atoms with Crippen molar-refractivity contribution in [3.05, 3.63) is 36.5 Å². The first-order chi connectivity index (χ1) is 39.6. The summed E-state index contributed by atoms with van der Waals surface area (Å²) >= 11 is 0. The van der Waals surface area contributed by atoms with Gasteiger partial charge in [-0.2, -0.15) is 0 Å². The topological polar surface area (TPSA) is 175 Å². The van der Waals surface area contributed by atoms with E-state index in [0.29, 0.717) is 19.3 Å². The molecule has 0 radical (unpaired) electrons. The van der Waals surface area contributed by atoms with E-state index in [2.05, 4.69) is 57.2 Å². The minimum Gasteiger partial charge on any atom is -0.479 e. The van der Waals surface area contributed by atoms with Gasteiger partial charge in [-0.3, -0.25) is 14.4 Å². The van der Waals surface area contributed by atoms with Crippen LogP contribution in [0.2, 0.25) is 0 Å². The van der Waals surface area contributed by atoms with Crippen molar-refractivity contribution >= 4 is 23.9 Å². The number of carbonyl (C=O) groups excluding carboxylic acids is 3. The third-order valence-corrected chi connectivity index (χ3v) is 15.7. The summed E-state index contributed by atoms with van der Waals surface area (Å²) < 4.78 is 28.6. The third-order valence-electron chi connectivity index (χ3n) is 15.7. The Morgan fingerprint density at radius 2 is 0.741 bits per heavy atom. The molecule has 0 aliphatic carbocycles. The summed E-state index contributed by atoms with van der Waals surface area (Å²) in [5.74, 6) is -3.10. The maximum absolute atomic E-state index is 13.2. The number of carboxylic acid groups (broad SMARTS) is 1. The number of ether oxygens (including phenoxy) is 5. The standard InChI is InChI=1S/C69H124O12/c1-4-7-10-13-16-19-22-25-28-30-31-33-35-37-40-43-46-49-52-55-61(70)77-58-60(79-62(71)56-53-50-47-44-41-38-34-27-24-21-18-15-12-9-6-3)59-78-69-67(65(74)64(73)66(81-69)68(75)76)80-63(72)57-54-51-48-45-42-39-36-32-29-26-23-20-17-14-11-8-5-2/h17,20,26-27,29,34,60,64-67,69,73-74H,4-16,18-19,21-25,28,30-33,35-59H2,1-3H3,(H,75,76)/b20-17-,29-26-,34-27-. The Morgan fingerprint density at radius 3 is 1.15 bits per heavy atom. The van der Waals surface area contributed by atoms with E-state index in [0.717, 1.165) is 116 Å². The molecule has 6 atom stereocenters. The molecule has 6 unspecified atom stereocenters. The summed E-state index contributed by atoms with van der Waals surface area (Å²) in [4.78, 5) is 51.4. The molecule has 472 valence electrons. The van der Waals surface area contributed by atoms with Gasteiger partial charge in [0.1, 0.15) is 18.8 Å². The van der Waals surface area contributed by atoms with Crippen LogP contribution in [0.15, 0.2) is 36.5 Å². The molecule has 12 nitrogen and oxygen atoms in total. The number of hydrogen-bond donors (Lipinski definition) is 3. The summed E-state index contributed by atoms with van der Waals surface area (Å²) in [5, 5.41) is 31.6. The second-order valence-corrected chi connectivity index (χ2v) is 23.5. The summed E-state index contributed by atoms with van der Waals surface area (Å²) in [5.41, 5.74) is 0. The number of rotatable bonds is 59. The maximum atomic E-state index is 13.2. The molecule has 0 spiro atoms. The van der Waals surface area contributed by atoms with Gasteiger partial charge < -0.3 is 39.0 Å². The van der Waals surface area contributed by atoms with Crippen LogP contribution in [0.5, 0.6) is 0 Å². The minimum absolute atomic E-state index is 0.0539. The predicted molar refractivity (Wildman–Crippen MR) is 331 cm³/mol. The minimum atomic E-state index is -1.90. The number of carboxylic acids is 1. The van der Waals surface area contributed by atoms with Crippen LogP contribution in [-0.2, 0) is 42.9 Å². The lowest BCUT2D eigenvalue weighted by Crippen LogP contribution is -2.61. The summed E-state index contributed by atoms with van der Waals surface area (Å²) in [7, 11) is 0. The Kier molecular flexibility index (Phi) is 53.8. The van der Waals surface area contributed by atoms with Crippen LogP contribution >= 0.6 is 0 Å². The van der Waals surface area contributed by atoms with E-state index in [1.165, 1.54) is 154 Å². The van der Waals surface area contributed by atoms with Gasteiger partial charge in [0.25, 0.3) is 0 Å². The van der Waals surface area contributed by atoms with Crippen molar-refractivity contribution in [2.45, 2.75) is 366 Å². The number of esters is 3. The quantitative estimate of drug-likeness (QED) is 0.0228. The SMILES string of the molecule is CCCCC/C=C\C/C=C\CCCCCCCCCC(=O)OC1C(OCC(COC(=O)CCCCCCCCCCCCCCCCCCCCC)OC(=O)CCCCCCC/C=C\CCCCCCCC)OC(C(=O)O)C(O)C1O. The molecule has 0 aromatic heterocycles. The number of allylic oxidation sites excluding steroid dienone is 6. The fourth-order valence-corrected chi connectivity index (χ4v) is 10.5. The zero-order valence-electron chi connectivity index (χ0n) is 52.3. The molecule has 1 fully saturated rings. The van der Waals surface area contributed by atoms with Crippen LogP contribution in [0.25, 0.3) is 0 Å². The number of aliphatic hydroxyl groups is 2. The van der Waals surface area contributed by atoms with E-state index in [9.17, 15) is 34.5 Å². The van der Waals surface area contributed by atoms with Crippen LogP contribution in [0, 0.1) is 0 Å². The first-order valence-corrected chi connectivity index (χ1v) is 34.0. The lowest BCUT2D eigenvalue weighted by atomic mass is 9.98. The van der Waals surface area contributed by atoms with Gasteiger partial charge >= 0.3 is 23.9 Å². The monoisotopic (exact) mass is 1140 g/mol. The fourth-order valence-electron chi connectivity index (χ4n) is 10.5. The van der Waals surface area contributed by atoms with Crippen molar-refractivity contribution in [1.29, 1.82) is 0 Å². The van der Waals surface area contributed by atoms with E-state index in [4.69, 9.17) is 23.7 Å². The Bertz CT molecular complexity index is 1550. The number of unbranched alkanes of at least 4 members (excludes halogenated alkanes) is 39. The average Bonchev–Trinajstić information content (AvgIpc) is 3.53. The van der Waals surface area contributed by atoms with E-state index in [-0.39, 0.29) is 25.9 Å². The predicted octanol–water partition coefficient (Wildman–Crippen LogP) is 18.4. The van der Waals surface area contributed by atoms with Crippen LogP contribution in [0.3, 0.4) is 0 Å². The lowest BCUT2D eigenvalue weighted by molar-refractivity contribution is -0.301. The molecule has 0 saturated carbocycles. The molecule has 0 amide bonds. The Hall–Kier alpha value is -3.06. The fraction of sp³-hybridized carbons (Fsp3) is 0.855. The molecule has 1 heterocycles. The van der Waals surface area contributed by atoms with Crippen molar-refractivity contribution in [3.63, 3.8) is 0 Å². The Balaban J connectivity index is 2.63. The first-order valence-electron chi connectivity index (χ1n) is 34.0. The van der Waals surface area contributed by atoms with E-state index in [1.807, 2.05) is 0 Å². The maximum Gasteiger partial charge on any atom is 0.335 e. The molecule has 1 rings (SSSR count). The van der Waals surface area contributed by atoms with Gasteiger partial charge in [0.2, 0.25) is 0 Å². The molecule has 81 heavy (non-hydrogen) atoms. The largest absolute Gasteiger partial charge is 0.479 e. The van der Waals surface area contributed by atoms with Gasteiger partial charge in [-0.1, -0.05) is 269 Å². The second-order valence-electron chi connectivity index (χ2n) is 23.5. The van der Waals surface area contributed by atoms with Crippen molar-refractivity contribution in [2.24, 2.45) is 0 Å². The summed E-state index contributed by atoms with van der Waals surface area (Å²) in [6.07, 6.45) is 56.7. The van der Waals surface area contributed by atoms with Crippen LogP contribution < -0.4 is 0 Å². The van der Waals surface area contributed by atoms with Crippen molar-refractivity contribution in [2.75, 3.05) is 13.2 Å². The van der Waals surface area contributed by atoms with E-state index >= 15 is 0 Å². The van der Waals surface area contributed by atoms with Gasteiger partial charge in [-0.25, -0.2) is 4.79 Å². The normalized spacial score (nSPS) is 17.9. The average molecular weight is 1150 g/mol. The highest BCUT2D eigenvalue weighted by Gasteiger charge is 2.50. The zero-order chi connectivity index (χ0) is 58.9. The zero-order valence-corrected chi connectivity index (χ0v) is 52.3. The Morgan fingerprint density at radius 1 is 0.407 bits per heavy atom. The number of aliphatic carboxylic acids is 1. The third kappa shape index (κ3) is 46.9. The second kappa shape index (κ2) is 57.4. The van der Waals surface area contributed by atoms with Gasteiger partial charge in [-0.15, -0.1) is 0 Å². The molecule has 1 saturated heterocycles. The molecule has 1 aliphatic heterocycles. The number of carbonyl (C=O) groups is 4. The highest BCUT2D eigenvalue weighted by molar-refractivity contribution is 5.74. The van der Waals surface area contributed by atoms with E-state index in [1.54, 1.807) is 0 Å². The summed E-state index contributed by atoms with van der Waals surface area (Å²) in [6.45, 7) is 6.01. The smallest absolute Gasteiger partial charge is 0.335 e. The van der Waals surface area contributed by atoms with Crippen LogP contribution in [0.4, 0.5) is 0 Å². The number of aliphatic hydroxyl groups excluding tert-OH is 2. The van der Waals surface area contributed by atoms with Crippen molar-refractivity contribution < 1.29 is 58.2 Å². The van der Waals surface area contributed by atoms with E-state index < -0.39 is 67.3 Å². The molecule has 1 aliphatic rings. The molecular weight excluding hydrogens is 1020 g/mol. The van der Waals surface area contributed by atoms with Gasteiger partial charge in [0.05, 0.1) is 6.61 Å². The highest BCUT2D eigenvalue weighted by atomic mass is 16.7.